The van der Waals surface area contributed by atoms with Gasteiger partial charge in [0.15, 0.2) is 0 Å². The van der Waals surface area contributed by atoms with Gasteiger partial charge < -0.3 is 0 Å². The maximum Gasteiger partial charge on any atom is 0.271 e. The first-order valence-electron chi connectivity index (χ1n) is 5.34. The van der Waals surface area contributed by atoms with E-state index in [1.54, 1.807) is 31.2 Å². The molecule has 19 heavy (non-hydrogen) atoms. The molecule has 0 saturated carbocycles. The van der Waals surface area contributed by atoms with E-state index < -0.39 is 10.0 Å². The minimum Gasteiger partial charge on any atom is -0.279 e. The zero-order chi connectivity index (χ0) is 14.2. The van der Waals surface area contributed by atoms with Crippen molar-refractivity contribution in [1.82, 2.24) is 0 Å². The van der Waals surface area contributed by atoms with Gasteiger partial charge >= 0.3 is 0 Å². The summed E-state index contributed by atoms with van der Waals surface area (Å²) >= 11 is 10.4. The first-order chi connectivity index (χ1) is 8.79. The van der Waals surface area contributed by atoms with Gasteiger partial charge in [-0.25, -0.2) is 8.42 Å². The molecule has 0 aliphatic heterocycles. The van der Waals surface area contributed by atoms with E-state index in [1.807, 2.05) is 6.92 Å². The molecule has 0 fully saturated rings. The summed E-state index contributed by atoms with van der Waals surface area (Å²) < 4.78 is 28.2. The molecule has 1 aromatic heterocycles. The number of hydrogen-bond acceptors (Lipinski definition) is 3. The topological polar surface area (TPSA) is 46.2 Å². The molecule has 0 aliphatic carbocycles. The van der Waals surface area contributed by atoms with Crippen molar-refractivity contribution in [1.29, 1.82) is 0 Å². The Morgan fingerprint density at radius 1 is 1.21 bits per heavy atom. The van der Waals surface area contributed by atoms with Gasteiger partial charge in [-0.1, -0.05) is 11.6 Å². The number of sulfonamides is 1. The number of hydrogen-bond donors (Lipinski definition) is 1. The SMILES string of the molecule is Cc1cc(Cl)ccc1NS(=O)(=O)c1cc(C)c(Br)s1. The number of thiophene rings is 1. The Balaban J connectivity index is 2.36. The minimum atomic E-state index is -3.55. The fraction of sp³-hybridized carbons (Fsp3) is 0.167. The van der Waals surface area contributed by atoms with Crippen LogP contribution in [0.4, 0.5) is 5.69 Å². The van der Waals surface area contributed by atoms with E-state index in [2.05, 4.69) is 20.7 Å². The number of rotatable bonds is 3. The number of nitrogens with one attached hydrogen (secondary N) is 1. The van der Waals surface area contributed by atoms with Gasteiger partial charge in [0.1, 0.15) is 4.21 Å². The average molecular weight is 381 g/mol. The van der Waals surface area contributed by atoms with Crippen LogP contribution in [0, 0.1) is 13.8 Å². The van der Waals surface area contributed by atoms with Crippen molar-refractivity contribution in [3.05, 3.63) is 44.2 Å². The molecule has 1 aromatic carbocycles. The molecule has 3 nitrogen and oxygen atoms in total. The van der Waals surface area contributed by atoms with Crippen LogP contribution in [-0.2, 0) is 10.0 Å². The summed E-state index contributed by atoms with van der Waals surface area (Å²) in [5.41, 5.74) is 2.22. The highest BCUT2D eigenvalue weighted by atomic mass is 79.9. The molecule has 1 heterocycles. The van der Waals surface area contributed by atoms with Gasteiger partial charge in [0.05, 0.1) is 9.47 Å². The van der Waals surface area contributed by atoms with Crippen LogP contribution in [0.3, 0.4) is 0 Å². The molecule has 1 N–H and O–H groups in total. The Labute approximate surface area is 129 Å². The number of halogens is 2. The maximum absolute atomic E-state index is 12.2. The highest BCUT2D eigenvalue weighted by Crippen LogP contribution is 2.32. The van der Waals surface area contributed by atoms with E-state index in [-0.39, 0.29) is 4.21 Å². The lowest BCUT2D eigenvalue weighted by molar-refractivity contribution is 0.603. The van der Waals surface area contributed by atoms with E-state index in [9.17, 15) is 8.42 Å². The molecular weight excluding hydrogens is 370 g/mol. The Morgan fingerprint density at radius 2 is 1.89 bits per heavy atom. The summed E-state index contributed by atoms with van der Waals surface area (Å²) in [4.78, 5) is 0. The maximum atomic E-state index is 12.2. The van der Waals surface area contributed by atoms with E-state index >= 15 is 0 Å². The average Bonchev–Trinajstić information content (AvgIpc) is 2.64. The zero-order valence-electron chi connectivity index (χ0n) is 10.2. The van der Waals surface area contributed by atoms with Crippen molar-refractivity contribution in [3.63, 3.8) is 0 Å². The molecule has 7 heteroatoms. The lowest BCUT2D eigenvalue weighted by atomic mass is 10.2. The third-order valence-corrected chi connectivity index (χ3v) is 6.74. The number of anilines is 1. The minimum absolute atomic E-state index is 0.284. The summed E-state index contributed by atoms with van der Waals surface area (Å²) in [7, 11) is -3.55. The van der Waals surface area contributed by atoms with E-state index in [4.69, 9.17) is 11.6 Å². The van der Waals surface area contributed by atoms with E-state index in [1.165, 1.54) is 11.3 Å². The fourth-order valence-corrected chi connectivity index (χ4v) is 5.08. The highest BCUT2D eigenvalue weighted by Gasteiger charge is 2.19. The van der Waals surface area contributed by atoms with Crippen LogP contribution in [0.1, 0.15) is 11.1 Å². The van der Waals surface area contributed by atoms with Gasteiger partial charge in [-0.05, 0) is 65.2 Å². The third-order valence-electron chi connectivity index (χ3n) is 2.53. The summed E-state index contributed by atoms with van der Waals surface area (Å²) in [5, 5.41) is 0.579. The molecule has 2 rings (SSSR count). The lowest BCUT2D eigenvalue weighted by Crippen LogP contribution is -2.12. The van der Waals surface area contributed by atoms with Crippen molar-refractivity contribution in [2.24, 2.45) is 0 Å². The lowest BCUT2D eigenvalue weighted by Gasteiger charge is -2.09. The molecule has 0 unspecified atom stereocenters. The smallest absolute Gasteiger partial charge is 0.271 e. The van der Waals surface area contributed by atoms with Crippen molar-refractivity contribution < 1.29 is 8.42 Å². The van der Waals surface area contributed by atoms with Gasteiger partial charge in [0.2, 0.25) is 0 Å². The molecule has 102 valence electrons. The van der Waals surface area contributed by atoms with Crippen LogP contribution >= 0.6 is 38.9 Å². The highest BCUT2D eigenvalue weighted by molar-refractivity contribution is 9.11. The Morgan fingerprint density at radius 3 is 2.42 bits per heavy atom. The normalized spacial score (nSPS) is 11.6. The molecule has 0 aliphatic rings. The monoisotopic (exact) mass is 379 g/mol. The Bertz CT molecular complexity index is 706. The van der Waals surface area contributed by atoms with Gasteiger partial charge in [-0.2, -0.15) is 0 Å². The standard InChI is InChI=1S/C12H11BrClNO2S2/c1-7-5-9(14)3-4-10(7)15-19(16,17)11-6-8(2)12(13)18-11/h3-6,15H,1-2H3. The quantitative estimate of drug-likeness (QED) is 0.847. The van der Waals surface area contributed by atoms with Crippen molar-refractivity contribution in [2.45, 2.75) is 18.1 Å². The van der Waals surface area contributed by atoms with Crippen molar-refractivity contribution in [3.8, 4) is 0 Å². The predicted molar refractivity (Wildman–Crippen MR) is 83.8 cm³/mol. The van der Waals surface area contributed by atoms with Crippen LogP contribution < -0.4 is 4.72 Å². The molecule has 2 aromatic rings. The molecular formula is C12H11BrClNO2S2. The van der Waals surface area contributed by atoms with Crippen LogP contribution in [0.15, 0.2) is 32.3 Å². The molecule has 0 radical (unpaired) electrons. The van der Waals surface area contributed by atoms with Crippen molar-refractivity contribution in [2.75, 3.05) is 4.72 Å². The number of aryl methyl sites for hydroxylation is 2. The molecule has 0 bridgehead atoms. The Kier molecular flexibility index (Phi) is 4.25. The molecule has 0 saturated heterocycles. The van der Waals surface area contributed by atoms with Gasteiger partial charge in [-0.15, -0.1) is 11.3 Å². The van der Waals surface area contributed by atoms with Gasteiger partial charge in [0.25, 0.3) is 10.0 Å². The summed E-state index contributed by atoms with van der Waals surface area (Å²) in [6.45, 7) is 3.66. The summed E-state index contributed by atoms with van der Waals surface area (Å²) in [6, 6.07) is 6.67. The molecule has 0 spiro atoms. The fourth-order valence-electron chi connectivity index (χ4n) is 1.50. The van der Waals surface area contributed by atoms with Gasteiger partial charge in [0, 0.05) is 5.02 Å². The molecule has 0 atom stereocenters. The van der Waals surface area contributed by atoms with Crippen LogP contribution in [0.25, 0.3) is 0 Å². The third kappa shape index (κ3) is 3.31. The van der Waals surface area contributed by atoms with Gasteiger partial charge in [-0.3, -0.25) is 4.72 Å². The number of benzene rings is 1. The second-order valence-electron chi connectivity index (χ2n) is 4.09. The second kappa shape index (κ2) is 5.44. The van der Waals surface area contributed by atoms with Crippen LogP contribution in [0.5, 0.6) is 0 Å². The zero-order valence-corrected chi connectivity index (χ0v) is 14.2. The Hall–Kier alpha value is -0.560. The molecule has 0 amide bonds. The van der Waals surface area contributed by atoms with Crippen molar-refractivity contribution >= 4 is 54.6 Å². The largest absolute Gasteiger partial charge is 0.279 e. The van der Waals surface area contributed by atoms with E-state index in [0.29, 0.717) is 10.7 Å². The van der Waals surface area contributed by atoms with Crippen LogP contribution in [-0.4, -0.2) is 8.42 Å². The second-order valence-corrected chi connectivity index (χ2v) is 8.80. The first kappa shape index (κ1) is 14.8. The predicted octanol–water partition coefficient (Wildman–Crippen LogP) is 4.58. The first-order valence-corrected chi connectivity index (χ1v) is 8.81. The van der Waals surface area contributed by atoms with E-state index in [0.717, 1.165) is 14.9 Å². The summed E-state index contributed by atoms with van der Waals surface area (Å²) in [5.74, 6) is 0. The summed E-state index contributed by atoms with van der Waals surface area (Å²) in [6.07, 6.45) is 0. The van der Waals surface area contributed by atoms with Crippen LogP contribution in [0.2, 0.25) is 5.02 Å².